The Bertz CT molecular complexity index is 269. The number of hydrogen-bond acceptors (Lipinski definition) is 2. The zero-order chi connectivity index (χ0) is 14.0. The molecular formula is C16H30NOS. The Morgan fingerprint density at radius 1 is 1.21 bits per heavy atom. The van der Waals surface area contributed by atoms with Gasteiger partial charge in [-0.2, -0.15) is 0 Å². The van der Waals surface area contributed by atoms with E-state index in [2.05, 4.69) is 18.1 Å². The highest BCUT2D eigenvalue weighted by molar-refractivity contribution is 7.90. The highest BCUT2D eigenvalue weighted by Gasteiger charge is 2.41. The summed E-state index contributed by atoms with van der Waals surface area (Å²) < 4.78 is 15.3. The van der Waals surface area contributed by atoms with Gasteiger partial charge in [0.05, 0.1) is 6.04 Å². The standard InChI is InChI=1S/C16H30NOS/c1-5-14(17-19(18)16(2,3)4)10-11-15(12-6-7-12)13-8-9-13/h10,12-15,17H,5-9,11H2,1-4H3. The SMILES string of the molecule is CCC([CH]CC(C1CC1)C1CC1)N[S+]([O-])C(C)(C)C. The predicted octanol–water partition coefficient (Wildman–Crippen LogP) is 3.85. The zero-order valence-corrected chi connectivity index (χ0v) is 13.8. The third-order valence-electron chi connectivity index (χ3n) is 4.40. The Labute approximate surface area is 122 Å². The van der Waals surface area contributed by atoms with Crippen molar-refractivity contribution >= 4 is 11.4 Å². The van der Waals surface area contributed by atoms with Crippen molar-refractivity contribution in [1.82, 2.24) is 4.72 Å². The monoisotopic (exact) mass is 284 g/mol. The van der Waals surface area contributed by atoms with E-state index in [1.807, 2.05) is 20.8 Å². The van der Waals surface area contributed by atoms with Gasteiger partial charge in [-0.25, -0.2) is 0 Å². The van der Waals surface area contributed by atoms with Crippen molar-refractivity contribution in [3.8, 4) is 0 Å². The van der Waals surface area contributed by atoms with E-state index in [0.29, 0.717) is 6.04 Å². The summed E-state index contributed by atoms with van der Waals surface area (Å²) in [5.41, 5.74) is 0. The van der Waals surface area contributed by atoms with Crippen LogP contribution in [0.2, 0.25) is 0 Å². The van der Waals surface area contributed by atoms with Gasteiger partial charge in [-0.3, -0.25) is 0 Å². The second-order valence-corrected chi connectivity index (χ2v) is 9.32. The first-order valence-corrected chi connectivity index (χ1v) is 9.08. The van der Waals surface area contributed by atoms with Crippen LogP contribution in [0, 0.1) is 24.2 Å². The lowest BCUT2D eigenvalue weighted by Crippen LogP contribution is -2.44. The lowest BCUT2D eigenvalue weighted by molar-refractivity contribution is 0.386. The van der Waals surface area contributed by atoms with Crippen LogP contribution < -0.4 is 4.72 Å². The Morgan fingerprint density at radius 2 is 1.74 bits per heavy atom. The molecule has 2 fully saturated rings. The van der Waals surface area contributed by atoms with Crippen LogP contribution in [0.4, 0.5) is 0 Å². The quantitative estimate of drug-likeness (QED) is 0.687. The van der Waals surface area contributed by atoms with Crippen LogP contribution in [0.25, 0.3) is 0 Å². The molecule has 1 N–H and O–H groups in total. The first-order chi connectivity index (χ1) is 8.91. The highest BCUT2D eigenvalue weighted by Crippen LogP contribution is 2.51. The molecule has 1 radical (unpaired) electrons. The summed E-state index contributed by atoms with van der Waals surface area (Å²) in [5, 5.41) is 0. The van der Waals surface area contributed by atoms with Gasteiger partial charge in [0.25, 0.3) is 0 Å². The van der Waals surface area contributed by atoms with Gasteiger partial charge in [0, 0.05) is 11.4 Å². The summed E-state index contributed by atoms with van der Waals surface area (Å²) in [4.78, 5) is 0. The molecule has 2 aliphatic carbocycles. The maximum absolute atomic E-state index is 12.2. The Balaban J connectivity index is 1.75. The number of nitrogens with one attached hydrogen (secondary N) is 1. The first kappa shape index (κ1) is 15.7. The fraction of sp³-hybridized carbons (Fsp3) is 0.938. The lowest BCUT2D eigenvalue weighted by atomic mass is 9.90. The van der Waals surface area contributed by atoms with E-state index in [-0.39, 0.29) is 4.75 Å². The van der Waals surface area contributed by atoms with Crippen LogP contribution in [0.15, 0.2) is 0 Å². The van der Waals surface area contributed by atoms with Crippen molar-refractivity contribution in [1.29, 1.82) is 0 Å². The zero-order valence-electron chi connectivity index (χ0n) is 12.9. The summed E-state index contributed by atoms with van der Waals surface area (Å²) in [6.07, 6.45) is 10.5. The van der Waals surface area contributed by atoms with Gasteiger partial charge < -0.3 is 4.55 Å². The molecule has 0 bridgehead atoms. The lowest BCUT2D eigenvalue weighted by Gasteiger charge is -2.28. The number of rotatable bonds is 8. The van der Waals surface area contributed by atoms with E-state index < -0.39 is 11.4 Å². The second kappa shape index (κ2) is 6.36. The normalized spacial score (nSPS) is 23.7. The molecule has 0 heterocycles. The van der Waals surface area contributed by atoms with E-state index >= 15 is 0 Å². The average molecular weight is 284 g/mol. The first-order valence-electron chi connectivity index (χ1n) is 7.93. The molecule has 0 aromatic rings. The second-order valence-electron chi connectivity index (χ2n) is 7.32. The van der Waals surface area contributed by atoms with Gasteiger partial charge >= 0.3 is 0 Å². The minimum atomic E-state index is -0.953. The van der Waals surface area contributed by atoms with Gasteiger partial charge in [-0.1, -0.05) is 6.92 Å². The van der Waals surface area contributed by atoms with Crippen molar-refractivity contribution in [3.05, 3.63) is 6.42 Å². The molecule has 2 atom stereocenters. The summed E-state index contributed by atoms with van der Waals surface area (Å²) in [6, 6.07) is 0.306. The smallest absolute Gasteiger partial charge is 0.136 e. The Kier molecular flexibility index (Phi) is 5.24. The molecule has 2 rings (SSSR count). The van der Waals surface area contributed by atoms with Crippen molar-refractivity contribution < 1.29 is 4.55 Å². The molecule has 0 aromatic heterocycles. The fourth-order valence-electron chi connectivity index (χ4n) is 2.75. The molecule has 0 spiro atoms. The molecular weight excluding hydrogens is 254 g/mol. The molecule has 0 aliphatic heterocycles. The summed E-state index contributed by atoms with van der Waals surface area (Å²) in [5.74, 6) is 2.95. The predicted molar refractivity (Wildman–Crippen MR) is 83.0 cm³/mol. The van der Waals surface area contributed by atoms with Gasteiger partial charge in [-0.15, -0.1) is 4.72 Å². The summed E-state index contributed by atoms with van der Waals surface area (Å²) in [6.45, 7) is 8.26. The van der Waals surface area contributed by atoms with Crippen LogP contribution >= 0.6 is 0 Å². The van der Waals surface area contributed by atoms with E-state index in [0.717, 1.165) is 24.2 Å². The molecule has 111 valence electrons. The Hall–Kier alpha value is 0.270. The third kappa shape index (κ3) is 4.95. The maximum atomic E-state index is 12.2. The molecule has 0 amide bonds. The van der Waals surface area contributed by atoms with Gasteiger partial charge in [0.2, 0.25) is 0 Å². The fourth-order valence-corrected chi connectivity index (χ4v) is 3.64. The van der Waals surface area contributed by atoms with Crippen LogP contribution in [0.5, 0.6) is 0 Å². The van der Waals surface area contributed by atoms with Crippen molar-refractivity contribution in [3.63, 3.8) is 0 Å². The van der Waals surface area contributed by atoms with Crippen molar-refractivity contribution in [2.45, 2.75) is 77.0 Å². The largest absolute Gasteiger partial charge is 0.598 e. The highest BCUT2D eigenvalue weighted by atomic mass is 32.2. The minimum Gasteiger partial charge on any atom is -0.598 e. The Morgan fingerprint density at radius 3 is 2.11 bits per heavy atom. The number of hydrogen-bond donors (Lipinski definition) is 1. The summed E-state index contributed by atoms with van der Waals surface area (Å²) in [7, 11) is 0. The van der Waals surface area contributed by atoms with Crippen LogP contribution in [0.1, 0.15) is 66.2 Å². The van der Waals surface area contributed by atoms with E-state index in [9.17, 15) is 4.55 Å². The van der Waals surface area contributed by atoms with Gasteiger partial charge in [0.15, 0.2) is 0 Å². The molecule has 2 aliphatic rings. The van der Waals surface area contributed by atoms with Crippen LogP contribution in [-0.4, -0.2) is 15.3 Å². The topological polar surface area (TPSA) is 35.1 Å². The van der Waals surface area contributed by atoms with Gasteiger partial charge in [-0.05, 0) is 83.5 Å². The molecule has 3 heteroatoms. The van der Waals surface area contributed by atoms with E-state index in [1.54, 1.807) is 0 Å². The van der Waals surface area contributed by atoms with Crippen molar-refractivity contribution in [2.24, 2.45) is 17.8 Å². The van der Waals surface area contributed by atoms with Gasteiger partial charge in [0.1, 0.15) is 4.75 Å². The average Bonchev–Trinajstić information content (AvgIpc) is 3.18. The molecule has 19 heavy (non-hydrogen) atoms. The minimum absolute atomic E-state index is 0.173. The molecule has 0 saturated heterocycles. The molecule has 2 unspecified atom stereocenters. The van der Waals surface area contributed by atoms with E-state index in [4.69, 9.17) is 0 Å². The van der Waals surface area contributed by atoms with Crippen LogP contribution in [-0.2, 0) is 11.4 Å². The van der Waals surface area contributed by atoms with E-state index in [1.165, 1.54) is 32.1 Å². The van der Waals surface area contributed by atoms with Crippen molar-refractivity contribution in [2.75, 3.05) is 0 Å². The third-order valence-corrected chi connectivity index (χ3v) is 6.03. The summed E-state index contributed by atoms with van der Waals surface area (Å²) >= 11 is -0.953. The van der Waals surface area contributed by atoms with Crippen LogP contribution in [0.3, 0.4) is 0 Å². The molecule has 0 aromatic carbocycles. The maximum Gasteiger partial charge on any atom is 0.136 e. The molecule has 2 nitrogen and oxygen atoms in total. The molecule has 2 saturated carbocycles.